The molecule has 2 heteroatoms. The molecular weight excluding hydrogens is 262 g/mol. The van der Waals surface area contributed by atoms with Crippen LogP contribution in [0.4, 0.5) is 0 Å². The molecule has 0 spiro atoms. The first-order valence-corrected chi connectivity index (χ1v) is 9.78. The van der Waals surface area contributed by atoms with E-state index in [4.69, 9.17) is 0 Å². The van der Waals surface area contributed by atoms with Gasteiger partial charge in [0.1, 0.15) is 0 Å². The van der Waals surface area contributed by atoms with Crippen LogP contribution in [0.2, 0.25) is 0 Å². The third-order valence-electron chi connectivity index (χ3n) is 4.12. The molecule has 0 saturated heterocycles. The summed E-state index contributed by atoms with van der Waals surface area (Å²) in [6, 6.07) is 17.7. The minimum atomic E-state index is -0.837. The van der Waals surface area contributed by atoms with Gasteiger partial charge in [-0.15, -0.1) is 0 Å². The Morgan fingerprint density at radius 2 is 1.60 bits per heavy atom. The lowest BCUT2D eigenvalue weighted by molar-refractivity contribution is 1.28. The first kappa shape index (κ1) is 12.1. The van der Waals surface area contributed by atoms with Gasteiger partial charge in [0.15, 0.2) is 0 Å². The molecule has 3 aromatic rings. The number of aromatic nitrogens is 1. The fourth-order valence-corrected chi connectivity index (χ4v) is 4.90. The predicted molar refractivity (Wildman–Crippen MR) is 90.9 cm³/mol. The molecule has 0 fully saturated rings. The fraction of sp³-hybridized carbons (Fsp3) is 0.222. The summed E-state index contributed by atoms with van der Waals surface area (Å²) < 4.78 is 2.60. The second-order valence-corrected chi connectivity index (χ2v) is 10.2. The molecular formula is C18H19NS. The molecule has 0 amide bonds. The molecule has 0 atom stereocenters. The van der Waals surface area contributed by atoms with Crippen LogP contribution in [0.5, 0.6) is 0 Å². The van der Waals surface area contributed by atoms with Crippen molar-refractivity contribution < 1.29 is 0 Å². The molecule has 0 saturated carbocycles. The number of hydrogen-bond acceptors (Lipinski definition) is 0. The van der Waals surface area contributed by atoms with E-state index < -0.39 is 10.2 Å². The van der Waals surface area contributed by atoms with Crippen molar-refractivity contribution in [3.05, 3.63) is 59.7 Å². The number of nitrogens with zero attached hydrogens (tertiary/aromatic N) is 1. The maximum Gasteiger partial charge on any atom is 0.0625 e. The summed E-state index contributed by atoms with van der Waals surface area (Å²) in [5.74, 6) is 0. The Hall–Kier alpha value is -1.67. The summed E-state index contributed by atoms with van der Waals surface area (Å²) in [7, 11) is -0.837. The number of hydrogen-bond donors (Lipinski definition) is 0. The Labute approximate surface area is 121 Å². The maximum atomic E-state index is 2.60. The molecule has 0 bridgehead atoms. The summed E-state index contributed by atoms with van der Waals surface area (Å²) in [5.41, 5.74) is 7.28. The molecule has 102 valence electrons. The molecule has 0 N–H and O–H groups in total. The second kappa shape index (κ2) is 3.92. The molecule has 4 rings (SSSR count). The van der Waals surface area contributed by atoms with Crippen LogP contribution >= 0.6 is 10.2 Å². The summed E-state index contributed by atoms with van der Waals surface area (Å²) in [6.07, 6.45) is 8.20. The first-order valence-electron chi connectivity index (χ1n) is 6.97. The third-order valence-corrected chi connectivity index (χ3v) is 5.60. The molecule has 1 aliphatic carbocycles. The maximum absolute atomic E-state index is 2.60. The van der Waals surface area contributed by atoms with Crippen molar-refractivity contribution >= 4 is 21.1 Å². The highest BCUT2D eigenvalue weighted by molar-refractivity contribution is 8.31. The lowest BCUT2D eigenvalue weighted by Crippen LogP contribution is -2.06. The van der Waals surface area contributed by atoms with Crippen molar-refractivity contribution in [2.45, 2.75) is 6.42 Å². The summed E-state index contributed by atoms with van der Waals surface area (Å²) >= 11 is 0. The second-order valence-electron chi connectivity index (χ2n) is 6.25. The van der Waals surface area contributed by atoms with Crippen LogP contribution in [0, 0.1) is 0 Å². The zero-order valence-electron chi connectivity index (χ0n) is 12.2. The van der Waals surface area contributed by atoms with Gasteiger partial charge in [-0.2, -0.15) is 10.2 Å². The Balaban J connectivity index is 2.18. The van der Waals surface area contributed by atoms with E-state index in [1.807, 2.05) is 0 Å². The van der Waals surface area contributed by atoms with E-state index >= 15 is 0 Å². The van der Waals surface area contributed by atoms with E-state index in [-0.39, 0.29) is 0 Å². The topological polar surface area (TPSA) is 4.93 Å². The van der Waals surface area contributed by atoms with Gasteiger partial charge in [0.25, 0.3) is 0 Å². The van der Waals surface area contributed by atoms with Gasteiger partial charge in [0.05, 0.1) is 11.2 Å². The average Bonchev–Trinajstić information content (AvgIpc) is 2.92. The average molecular weight is 281 g/mol. The monoisotopic (exact) mass is 281 g/mol. The zero-order chi connectivity index (χ0) is 13.9. The molecule has 0 unspecified atom stereocenters. The van der Waals surface area contributed by atoms with Crippen LogP contribution in [0.3, 0.4) is 0 Å². The summed E-state index contributed by atoms with van der Waals surface area (Å²) in [4.78, 5) is 0. The summed E-state index contributed by atoms with van der Waals surface area (Å²) in [5, 5.41) is 1.43. The molecule has 1 heterocycles. The molecule has 0 radical (unpaired) electrons. The largest absolute Gasteiger partial charge is 0.302 e. The third kappa shape index (κ3) is 1.52. The minimum absolute atomic E-state index is 0.837. The van der Waals surface area contributed by atoms with Crippen LogP contribution in [-0.4, -0.2) is 22.7 Å². The van der Waals surface area contributed by atoms with Gasteiger partial charge in [-0.05, 0) is 36.0 Å². The Morgan fingerprint density at radius 3 is 2.40 bits per heavy atom. The molecule has 0 aliphatic heterocycles. The van der Waals surface area contributed by atoms with Crippen molar-refractivity contribution in [1.82, 2.24) is 3.97 Å². The molecule has 2 aromatic carbocycles. The highest BCUT2D eigenvalue weighted by Gasteiger charge is 2.28. The smallest absolute Gasteiger partial charge is 0.0625 e. The number of fused-ring (bicyclic) bond motifs is 5. The van der Waals surface area contributed by atoms with Crippen molar-refractivity contribution in [3.63, 3.8) is 0 Å². The normalized spacial score (nSPS) is 14.3. The van der Waals surface area contributed by atoms with Gasteiger partial charge in [-0.25, -0.2) is 0 Å². The number of benzene rings is 2. The standard InChI is InChI=1S/C18H19NS/c1-20(2,3)19-17-11-7-6-10-15(17)16-12-13-8-4-5-9-14(13)18(16)19/h4-11H,12H2,1-3H3. The van der Waals surface area contributed by atoms with Crippen LogP contribution in [-0.2, 0) is 6.42 Å². The zero-order valence-corrected chi connectivity index (χ0v) is 13.0. The van der Waals surface area contributed by atoms with Crippen molar-refractivity contribution in [2.24, 2.45) is 0 Å². The molecule has 20 heavy (non-hydrogen) atoms. The van der Waals surface area contributed by atoms with E-state index in [9.17, 15) is 0 Å². The van der Waals surface area contributed by atoms with E-state index in [1.165, 1.54) is 33.3 Å². The van der Waals surface area contributed by atoms with E-state index in [0.717, 1.165) is 6.42 Å². The fourth-order valence-electron chi connectivity index (χ4n) is 3.39. The van der Waals surface area contributed by atoms with Crippen molar-refractivity contribution in [1.29, 1.82) is 0 Å². The first-order chi connectivity index (χ1) is 9.57. The van der Waals surface area contributed by atoms with E-state index in [2.05, 4.69) is 71.3 Å². The van der Waals surface area contributed by atoms with Gasteiger partial charge >= 0.3 is 0 Å². The van der Waals surface area contributed by atoms with Crippen LogP contribution in [0.1, 0.15) is 11.1 Å². The number of para-hydroxylation sites is 1. The molecule has 1 aromatic heterocycles. The van der Waals surface area contributed by atoms with Crippen LogP contribution in [0.15, 0.2) is 48.5 Å². The van der Waals surface area contributed by atoms with Crippen LogP contribution < -0.4 is 0 Å². The van der Waals surface area contributed by atoms with Crippen LogP contribution in [0.25, 0.3) is 22.2 Å². The Morgan fingerprint density at radius 1 is 0.900 bits per heavy atom. The van der Waals surface area contributed by atoms with E-state index in [0.29, 0.717) is 0 Å². The van der Waals surface area contributed by atoms with E-state index in [1.54, 1.807) is 0 Å². The lowest BCUT2D eigenvalue weighted by Gasteiger charge is -2.31. The SMILES string of the molecule is CS(C)(C)n1c2c(c3ccccc31)Cc1ccccc1-2. The van der Waals surface area contributed by atoms with Crippen molar-refractivity contribution in [3.8, 4) is 11.3 Å². The molecule has 1 nitrogen and oxygen atoms in total. The predicted octanol–water partition coefficient (Wildman–Crippen LogP) is 4.67. The van der Waals surface area contributed by atoms with Gasteiger partial charge in [-0.1, -0.05) is 42.5 Å². The molecule has 1 aliphatic rings. The van der Waals surface area contributed by atoms with Gasteiger partial charge in [0.2, 0.25) is 0 Å². The van der Waals surface area contributed by atoms with Gasteiger partial charge in [-0.3, -0.25) is 0 Å². The highest BCUT2D eigenvalue weighted by atomic mass is 32.3. The summed E-state index contributed by atoms with van der Waals surface area (Å²) in [6.45, 7) is 0. The highest BCUT2D eigenvalue weighted by Crippen LogP contribution is 2.51. The number of rotatable bonds is 1. The van der Waals surface area contributed by atoms with Gasteiger partial charge in [0, 0.05) is 17.4 Å². The van der Waals surface area contributed by atoms with Crippen molar-refractivity contribution in [2.75, 3.05) is 18.8 Å². The Bertz CT molecular complexity index is 821. The quantitative estimate of drug-likeness (QED) is 0.478. The lowest BCUT2D eigenvalue weighted by atomic mass is 10.1. The van der Waals surface area contributed by atoms with Gasteiger partial charge < -0.3 is 3.97 Å². The minimum Gasteiger partial charge on any atom is -0.302 e. The Kier molecular flexibility index (Phi) is 2.37.